The van der Waals surface area contributed by atoms with Crippen molar-refractivity contribution in [1.82, 2.24) is 9.55 Å². The molecule has 0 saturated carbocycles. The number of hydrogen-bond acceptors (Lipinski definition) is 2. The molecule has 0 saturated heterocycles. The van der Waals surface area contributed by atoms with Gasteiger partial charge in [0.25, 0.3) is 0 Å². The molecule has 0 bridgehead atoms. The molecule has 0 aliphatic heterocycles. The molecule has 3 rings (SSSR count). The van der Waals surface area contributed by atoms with Gasteiger partial charge in [-0.1, -0.05) is 0 Å². The van der Waals surface area contributed by atoms with Crippen molar-refractivity contribution in [2.45, 2.75) is 0 Å². The molecule has 0 unspecified atom stereocenters. The fourth-order valence-corrected chi connectivity index (χ4v) is 2.88. The van der Waals surface area contributed by atoms with Crippen LogP contribution >= 0.6 is 28.1 Å². The van der Waals surface area contributed by atoms with Crippen LogP contribution in [0.2, 0.25) is 0 Å². The van der Waals surface area contributed by atoms with Crippen molar-refractivity contribution >= 4 is 39.2 Å². The van der Waals surface area contributed by atoms with Crippen molar-refractivity contribution in [2.24, 2.45) is 0 Å². The Labute approximate surface area is 132 Å². The number of rotatable bonds is 2. The van der Waals surface area contributed by atoms with Crippen LogP contribution in [-0.4, -0.2) is 16.7 Å². The Balaban J connectivity index is 2.43. The molecule has 0 aliphatic carbocycles. The minimum atomic E-state index is -0.949. The number of hydrogen-bond donors (Lipinski definition) is 1. The molecular weight excluding hydrogens is 362 g/mol. The van der Waals surface area contributed by atoms with Crippen molar-refractivity contribution in [3.05, 3.63) is 51.2 Å². The second-order valence-electron chi connectivity index (χ2n) is 4.34. The van der Waals surface area contributed by atoms with E-state index in [0.29, 0.717) is 21.4 Å². The SMILES string of the molecule is COc1ccc(Br)c(-n2c(=S)[nH]c3ccc(F)c(F)c32)c1. The van der Waals surface area contributed by atoms with Gasteiger partial charge in [0.1, 0.15) is 11.3 Å². The number of benzene rings is 2. The molecule has 0 atom stereocenters. The second-order valence-corrected chi connectivity index (χ2v) is 5.58. The molecule has 1 aromatic heterocycles. The highest BCUT2D eigenvalue weighted by Crippen LogP contribution is 2.30. The van der Waals surface area contributed by atoms with Gasteiger partial charge in [0, 0.05) is 10.5 Å². The summed E-state index contributed by atoms with van der Waals surface area (Å²) >= 11 is 8.62. The zero-order valence-corrected chi connectivity index (χ0v) is 13.2. The maximum atomic E-state index is 14.2. The van der Waals surface area contributed by atoms with Crippen LogP contribution in [0.4, 0.5) is 8.78 Å². The number of fused-ring (bicyclic) bond motifs is 1. The zero-order chi connectivity index (χ0) is 15.1. The largest absolute Gasteiger partial charge is 0.497 e. The van der Waals surface area contributed by atoms with Gasteiger partial charge >= 0.3 is 0 Å². The predicted molar refractivity (Wildman–Crippen MR) is 82.6 cm³/mol. The molecular formula is C14H9BrF2N2OS. The third kappa shape index (κ3) is 2.26. The summed E-state index contributed by atoms with van der Waals surface area (Å²) in [5.41, 5.74) is 1.05. The number of aromatic amines is 1. The number of aromatic nitrogens is 2. The van der Waals surface area contributed by atoms with Crippen LogP contribution < -0.4 is 4.74 Å². The number of nitrogens with zero attached hydrogens (tertiary/aromatic N) is 1. The van der Waals surface area contributed by atoms with E-state index in [1.807, 2.05) is 0 Å². The van der Waals surface area contributed by atoms with Gasteiger partial charge in [0.05, 0.1) is 18.3 Å². The molecule has 0 radical (unpaired) electrons. The lowest BCUT2D eigenvalue weighted by molar-refractivity contribution is 0.414. The van der Waals surface area contributed by atoms with Crippen LogP contribution in [0.3, 0.4) is 0 Å². The van der Waals surface area contributed by atoms with Gasteiger partial charge in [0.2, 0.25) is 0 Å². The van der Waals surface area contributed by atoms with Crippen molar-refractivity contribution in [3.63, 3.8) is 0 Å². The average Bonchev–Trinajstić information content (AvgIpc) is 2.81. The summed E-state index contributed by atoms with van der Waals surface area (Å²) in [7, 11) is 1.53. The highest BCUT2D eigenvalue weighted by atomic mass is 79.9. The number of ether oxygens (including phenoxy) is 1. The lowest BCUT2D eigenvalue weighted by Crippen LogP contribution is -1.99. The van der Waals surface area contributed by atoms with Crippen LogP contribution in [0, 0.1) is 16.4 Å². The van der Waals surface area contributed by atoms with E-state index in [2.05, 4.69) is 20.9 Å². The van der Waals surface area contributed by atoms with E-state index in [-0.39, 0.29) is 10.3 Å². The molecule has 2 aromatic carbocycles. The van der Waals surface area contributed by atoms with E-state index < -0.39 is 11.6 Å². The summed E-state index contributed by atoms with van der Waals surface area (Å²) in [5.74, 6) is -1.29. The van der Waals surface area contributed by atoms with Crippen molar-refractivity contribution < 1.29 is 13.5 Å². The van der Waals surface area contributed by atoms with Gasteiger partial charge in [-0.25, -0.2) is 8.78 Å². The van der Waals surface area contributed by atoms with Crippen LogP contribution in [0.1, 0.15) is 0 Å². The lowest BCUT2D eigenvalue weighted by Gasteiger charge is -2.10. The second kappa shape index (κ2) is 5.23. The van der Waals surface area contributed by atoms with Gasteiger partial charge in [-0.3, -0.25) is 4.57 Å². The third-order valence-corrected chi connectivity index (χ3v) is 4.09. The Hall–Kier alpha value is -1.73. The summed E-state index contributed by atoms with van der Waals surface area (Å²) in [6.45, 7) is 0. The molecule has 3 aromatic rings. The normalized spacial score (nSPS) is 11.0. The number of nitrogens with one attached hydrogen (secondary N) is 1. The van der Waals surface area contributed by atoms with Gasteiger partial charge in [-0.2, -0.15) is 0 Å². The van der Waals surface area contributed by atoms with E-state index in [9.17, 15) is 8.78 Å². The highest BCUT2D eigenvalue weighted by molar-refractivity contribution is 9.10. The minimum Gasteiger partial charge on any atom is -0.497 e. The van der Waals surface area contributed by atoms with Crippen molar-refractivity contribution in [1.29, 1.82) is 0 Å². The van der Waals surface area contributed by atoms with Crippen molar-refractivity contribution in [3.8, 4) is 11.4 Å². The van der Waals surface area contributed by atoms with Gasteiger partial charge in [-0.05, 0) is 52.4 Å². The third-order valence-electron chi connectivity index (χ3n) is 3.13. The Morgan fingerprint density at radius 3 is 2.71 bits per heavy atom. The summed E-state index contributed by atoms with van der Waals surface area (Å²) in [6.07, 6.45) is 0. The first-order valence-corrected chi connectivity index (χ1v) is 7.15. The first-order valence-electron chi connectivity index (χ1n) is 5.95. The van der Waals surface area contributed by atoms with E-state index in [4.69, 9.17) is 17.0 Å². The average molecular weight is 371 g/mol. The maximum absolute atomic E-state index is 14.2. The minimum absolute atomic E-state index is 0.0638. The molecule has 21 heavy (non-hydrogen) atoms. The smallest absolute Gasteiger partial charge is 0.184 e. The molecule has 1 heterocycles. The van der Waals surface area contributed by atoms with E-state index >= 15 is 0 Å². The van der Waals surface area contributed by atoms with Gasteiger partial charge < -0.3 is 9.72 Å². The zero-order valence-electron chi connectivity index (χ0n) is 10.8. The Bertz CT molecular complexity index is 904. The van der Waals surface area contributed by atoms with E-state index in [1.54, 1.807) is 18.2 Å². The fraction of sp³-hybridized carbons (Fsp3) is 0.0714. The number of H-pyrrole nitrogens is 1. The quantitative estimate of drug-likeness (QED) is 0.660. The van der Waals surface area contributed by atoms with E-state index in [1.165, 1.54) is 17.7 Å². The van der Waals surface area contributed by atoms with E-state index in [0.717, 1.165) is 6.07 Å². The molecule has 3 nitrogen and oxygen atoms in total. The number of methoxy groups -OCH3 is 1. The molecule has 0 aliphatic rings. The van der Waals surface area contributed by atoms with Crippen LogP contribution in [-0.2, 0) is 0 Å². The summed E-state index contributed by atoms with van der Waals surface area (Å²) in [6, 6.07) is 7.72. The van der Waals surface area contributed by atoms with Crippen molar-refractivity contribution in [2.75, 3.05) is 7.11 Å². The summed E-state index contributed by atoms with van der Waals surface area (Å²) < 4.78 is 35.2. The maximum Gasteiger partial charge on any atom is 0.184 e. The molecule has 0 fully saturated rings. The van der Waals surface area contributed by atoms with Crippen LogP contribution in [0.25, 0.3) is 16.7 Å². The lowest BCUT2D eigenvalue weighted by atomic mass is 10.2. The first-order chi connectivity index (χ1) is 10.0. The Kier molecular flexibility index (Phi) is 3.54. The summed E-state index contributed by atoms with van der Waals surface area (Å²) in [5, 5.41) is 0. The fourth-order valence-electron chi connectivity index (χ4n) is 2.15. The summed E-state index contributed by atoms with van der Waals surface area (Å²) in [4.78, 5) is 2.87. The molecule has 0 spiro atoms. The highest BCUT2D eigenvalue weighted by Gasteiger charge is 2.16. The topological polar surface area (TPSA) is 29.9 Å². The number of halogens is 3. The van der Waals surface area contributed by atoms with Crippen LogP contribution in [0.5, 0.6) is 5.75 Å². The molecule has 7 heteroatoms. The Morgan fingerprint density at radius 1 is 1.24 bits per heavy atom. The number of imidazole rings is 1. The monoisotopic (exact) mass is 370 g/mol. The molecule has 0 amide bonds. The molecule has 108 valence electrons. The predicted octanol–water partition coefficient (Wildman–Crippen LogP) is 4.74. The van der Waals surface area contributed by atoms with Gasteiger partial charge in [-0.15, -0.1) is 0 Å². The van der Waals surface area contributed by atoms with Crippen LogP contribution in [0.15, 0.2) is 34.8 Å². The van der Waals surface area contributed by atoms with Gasteiger partial charge in [0.15, 0.2) is 16.4 Å². The standard InChI is InChI=1S/C14H9BrF2N2OS/c1-20-7-2-3-8(15)11(6-7)19-13-10(18-14(19)21)5-4-9(16)12(13)17/h2-6H,1H3,(H,18,21). The first kappa shape index (κ1) is 14.2. The molecule has 1 N–H and O–H groups in total. The Morgan fingerprint density at radius 2 is 2.00 bits per heavy atom.